The highest BCUT2D eigenvalue weighted by Crippen LogP contribution is 2.24. The number of hydrogen-bond acceptors (Lipinski definition) is 4. The van der Waals surface area contributed by atoms with E-state index in [4.69, 9.17) is 0 Å². The van der Waals surface area contributed by atoms with Crippen molar-refractivity contribution >= 4 is 5.91 Å². The van der Waals surface area contributed by atoms with Gasteiger partial charge in [-0.25, -0.2) is 4.98 Å². The van der Waals surface area contributed by atoms with E-state index in [1.54, 1.807) is 11.0 Å². The third kappa shape index (κ3) is 4.80. The van der Waals surface area contributed by atoms with Crippen molar-refractivity contribution in [1.82, 2.24) is 24.6 Å². The largest absolute Gasteiger partial charge is 0.338 e. The van der Waals surface area contributed by atoms with Crippen LogP contribution in [0.2, 0.25) is 0 Å². The molecule has 2 rings (SSSR count). The van der Waals surface area contributed by atoms with E-state index in [9.17, 15) is 4.79 Å². The Hall–Kier alpha value is -1.43. The fourth-order valence-electron chi connectivity index (χ4n) is 3.14. The average molecular weight is 307 g/mol. The van der Waals surface area contributed by atoms with Gasteiger partial charge in [0.2, 0.25) is 5.91 Å². The number of aromatic nitrogens is 3. The van der Waals surface area contributed by atoms with Crippen LogP contribution in [-0.4, -0.2) is 63.7 Å². The molecular formula is C16H29N5O. The van der Waals surface area contributed by atoms with E-state index >= 15 is 0 Å². The van der Waals surface area contributed by atoms with Crippen LogP contribution in [-0.2, 0) is 11.3 Å². The molecule has 6 nitrogen and oxygen atoms in total. The standard InChI is InChI=1S/C16H29N5O/c1-14(11-20-13-17-12-18-20)16(22)21(10-9-19(2)3)15-7-5-4-6-8-15/h12-15H,4-11H2,1-3H3. The van der Waals surface area contributed by atoms with Crippen LogP contribution >= 0.6 is 0 Å². The van der Waals surface area contributed by atoms with Crippen molar-refractivity contribution in [2.75, 3.05) is 27.2 Å². The van der Waals surface area contributed by atoms with Crippen LogP contribution in [0.15, 0.2) is 12.7 Å². The topological polar surface area (TPSA) is 54.3 Å². The molecule has 0 radical (unpaired) electrons. The molecule has 1 aliphatic rings. The van der Waals surface area contributed by atoms with Gasteiger partial charge in [0.1, 0.15) is 12.7 Å². The number of nitrogens with zero attached hydrogens (tertiary/aromatic N) is 5. The first-order chi connectivity index (χ1) is 10.6. The Bertz CT molecular complexity index is 439. The molecule has 0 bridgehead atoms. The minimum absolute atomic E-state index is 0.0641. The summed E-state index contributed by atoms with van der Waals surface area (Å²) in [7, 11) is 4.12. The second kappa shape index (κ2) is 8.27. The van der Waals surface area contributed by atoms with Gasteiger partial charge in [0.25, 0.3) is 0 Å². The minimum Gasteiger partial charge on any atom is -0.338 e. The number of amides is 1. The number of rotatable bonds is 7. The van der Waals surface area contributed by atoms with Gasteiger partial charge in [0.15, 0.2) is 0 Å². The van der Waals surface area contributed by atoms with Crippen LogP contribution in [0.25, 0.3) is 0 Å². The van der Waals surface area contributed by atoms with Crippen molar-refractivity contribution < 1.29 is 4.79 Å². The Morgan fingerprint density at radius 1 is 1.27 bits per heavy atom. The monoisotopic (exact) mass is 307 g/mol. The SMILES string of the molecule is CC(Cn1cncn1)C(=O)N(CCN(C)C)C1CCCCC1. The maximum atomic E-state index is 12.9. The molecule has 1 aromatic rings. The molecule has 1 aromatic heterocycles. The Morgan fingerprint density at radius 2 is 2.00 bits per heavy atom. The summed E-state index contributed by atoms with van der Waals surface area (Å²) in [4.78, 5) is 21.1. The Balaban J connectivity index is 1.99. The summed E-state index contributed by atoms with van der Waals surface area (Å²) >= 11 is 0. The number of carbonyl (C=O) groups is 1. The molecule has 6 heteroatoms. The maximum absolute atomic E-state index is 12.9. The van der Waals surface area contributed by atoms with Gasteiger partial charge in [0, 0.05) is 19.1 Å². The van der Waals surface area contributed by atoms with Gasteiger partial charge in [-0.3, -0.25) is 9.48 Å². The summed E-state index contributed by atoms with van der Waals surface area (Å²) in [6, 6.07) is 0.416. The van der Waals surface area contributed by atoms with Gasteiger partial charge < -0.3 is 9.80 Å². The molecule has 1 unspecified atom stereocenters. The van der Waals surface area contributed by atoms with Crippen LogP contribution in [0.4, 0.5) is 0 Å². The van der Waals surface area contributed by atoms with Gasteiger partial charge in [-0.1, -0.05) is 26.2 Å². The highest BCUT2D eigenvalue weighted by atomic mass is 16.2. The normalized spacial score (nSPS) is 17.6. The van der Waals surface area contributed by atoms with E-state index in [1.807, 2.05) is 6.92 Å². The maximum Gasteiger partial charge on any atom is 0.227 e. The molecule has 0 aliphatic heterocycles. The molecule has 0 saturated heterocycles. The Morgan fingerprint density at radius 3 is 2.59 bits per heavy atom. The third-order valence-corrected chi connectivity index (χ3v) is 4.44. The summed E-state index contributed by atoms with van der Waals surface area (Å²) in [6.45, 7) is 4.33. The van der Waals surface area contributed by atoms with E-state index in [0.717, 1.165) is 25.9 Å². The van der Waals surface area contributed by atoms with Crippen LogP contribution in [0.5, 0.6) is 0 Å². The highest BCUT2D eigenvalue weighted by Gasteiger charge is 2.28. The van der Waals surface area contributed by atoms with Crippen molar-refractivity contribution in [3.63, 3.8) is 0 Å². The van der Waals surface area contributed by atoms with Crippen molar-refractivity contribution in [2.24, 2.45) is 5.92 Å². The molecule has 22 heavy (non-hydrogen) atoms. The summed E-state index contributed by atoms with van der Waals surface area (Å²) < 4.78 is 1.74. The van der Waals surface area contributed by atoms with Crippen LogP contribution in [0, 0.1) is 5.92 Å². The van der Waals surface area contributed by atoms with E-state index < -0.39 is 0 Å². The summed E-state index contributed by atoms with van der Waals surface area (Å²) in [5.41, 5.74) is 0. The lowest BCUT2D eigenvalue weighted by atomic mass is 9.93. The van der Waals surface area contributed by atoms with E-state index in [0.29, 0.717) is 12.6 Å². The molecule has 0 spiro atoms. The van der Waals surface area contributed by atoms with E-state index in [1.165, 1.54) is 25.6 Å². The first-order valence-corrected chi connectivity index (χ1v) is 8.35. The van der Waals surface area contributed by atoms with Crippen LogP contribution in [0.3, 0.4) is 0 Å². The molecule has 0 N–H and O–H groups in total. The van der Waals surface area contributed by atoms with Crippen molar-refractivity contribution in [3.05, 3.63) is 12.7 Å². The molecule has 1 amide bonds. The fourth-order valence-corrected chi connectivity index (χ4v) is 3.14. The smallest absolute Gasteiger partial charge is 0.227 e. The molecule has 124 valence electrons. The molecule has 0 aromatic carbocycles. The number of hydrogen-bond donors (Lipinski definition) is 0. The van der Waals surface area contributed by atoms with Crippen molar-refractivity contribution in [2.45, 2.75) is 51.6 Å². The Labute approximate surface area is 133 Å². The van der Waals surface area contributed by atoms with Gasteiger partial charge in [-0.2, -0.15) is 5.10 Å². The van der Waals surface area contributed by atoms with Gasteiger partial charge >= 0.3 is 0 Å². The zero-order valence-corrected chi connectivity index (χ0v) is 14.1. The first kappa shape index (κ1) is 16.9. The van der Waals surface area contributed by atoms with Gasteiger partial charge in [-0.05, 0) is 26.9 Å². The van der Waals surface area contributed by atoms with E-state index in [-0.39, 0.29) is 11.8 Å². The van der Waals surface area contributed by atoms with Gasteiger partial charge in [0.05, 0.1) is 12.5 Å². The molecule has 1 heterocycles. The zero-order valence-electron chi connectivity index (χ0n) is 14.1. The quantitative estimate of drug-likeness (QED) is 0.768. The Kier molecular flexibility index (Phi) is 6.36. The molecule has 1 aliphatic carbocycles. The second-order valence-corrected chi connectivity index (χ2v) is 6.65. The third-order valence-electron chi connectivity index (χ3n) is 4.44. The fraction of sp³-hybridized carbons (Fsp3) is 0.812. The molecule has 1 atom stereocenters. The summed E-state index contributed by atoms with van der Waals surface area (Å²) in [5, 5.41) is 4.11. The van der Waals surface area contributed by atoms with Crippen molar-refractivity contribution in [3.8, 4) is 0 Å². The van der Waals surface area contributed by atoms with Crippen LogP contribution < -0.4 is 0 Å². The number of carbonyl (C=O) groups excluding carboxylic acids is 1. The lowest BCUT2D eigenvalue weighted by molar-refractivity contribution is -0.138. The van der Waals surface area contributed by atoms with E-state index in [2.05, 4.69) is 34.0 Å². The lowest BCUT2D eigenvalue weighted by Crippen LogP contribution is -2.47. The predicted molar refractivity (Wildman–Crippen MR) is 86.3 cm³/mol. The highest BCUT2D eigenvalue weighted by molar-refractivity contribution is 5.78. The summed E-state index contributed by atoms with van der Waals surface area (Å²) in [6.07, 6.45) is 9.28. The average Bonchev–Trinajstić information content (AvgIpc) is 3.01. The minimum atomic E-state index is -0.0641. The first-order valence-electron chi connectivity index (χ1n) is 8.35. The second-order valence-electron chi connectivity index (χ2n) is 6.65. The molecule has 1 fully saturated rings. The lowest BCUT2D eigenvalue weighted by Gasteiger charge is -2.36. The molecular weight excluding hydrogens is 278 g/mol. The number of likely N-dealkylation sites (N-methyl/N-ethyl adjacent to an activating group) is 1. The van der Waals surface area contributed by atoms with Crippen molar-refractivity contribution in [1.29, 1.82) is 0 Å². The van der Waals surface area contributed by atoms with Gasteiger partial charge in [-0.15, -0.1) is 0 Å². The predicted octanol–water partition coefficient (Wildman–Crippen LogP) is 1.64. The summed E-state index contributed by atoms with van der Waals surface area (Å²) in [5.74, 6) is 0.190. The zero-order chi connectivity index (χ0) is 15.9. The van der Waals surface area contributed by atoms with Crippen LogP contribution in [0.1, 0.15) is 39.0 Å². The molecule has 1 saturated carbocycles.